The third-order valence-corrected chi connectivity index (χ3v) is 8.49. The zero-order chi connectivity index (χ0) is 31.3. The lowest BCUT2D eigenvalue weighted by atomic mass is 9.52. The number of alkyl halides is 3. The molecule has 0 aliphatic heterocycles. The standard InChI is InChI=1S/C31H34F3N7O2/c1-30(2)19(15-25(42)40(3)4)14-23(30)24-16-22(26-27(35)39-41(5)28(26)38-24)17-9-11-20(12-10-17)36-29(43)37-21-8-6-7-18(13-21)31(32,33)34/h6-13,16,19,23H,14-15H2,1-5H3,(H2,35,39)(H2,36,37,43). The average molecular weight is 594 g/mol. The van der Waals surface area contributed by atoms with E-state index >= 15 is 0 Å². The van der Waals surface area contributed by atoms with E-state index in [1.807, 2.05) is 18.2 Å². The number of aromatic nitrogens is 3. The lowest BCUT2D eigenvalue weighted by Crippen LogP contribution is -2.45. The summed E-state index contributed by atoms with van der Waals surface area (Å²) in [5.74, 6) is 0.818. The molecule has 2 aromatic carbocycles. The number of nitrogens with one attached hydrogen (secondary N) is 2. The third kappa shape index (κ3) is 5.86. The van der Waals surface area contributed by atoms with E-state index in [0.29, 0.717) is 29.0 Å². The van der Waals surface area contributed by atoms with Crippen LogP contribution in [0.5, 0.6) is 0 Å². The number of amides is 3. The number of nitrogens with zero attached hydrogens (tertiary/aromatic N) is 4. The zero-order valence-corrected chi connectivity index (χ0v) is 24.6. The van der Waals surface area contributed by atoms with Crippen LogP contribution in [0.2, 0.25) is 0 Å². The molecule has 12 heteroatoms. The number of carbonyl (C=O) groups is 2. The van der Waals surface area contributed by atoms with Crippen molar-refractivity contribution in [1.82, 2.24) is 19.7 Å². The number of anilines is 3. The number of fused-ring (bicyclic) bond motifs is 1. The quantitative estimate of drug-likeness (QED) is 0.236. The van der Waals surface area contributed by atoms with Gasteiger partial charge < -0.3 is 21.3 Å². The Labute approximate surface area is 247 Å². The van der Waals surface area contributed by atoms with Gasteiger partial charge in [0.25, 0.3) is 0 Å². The van der Waals surface area contributed by atoms with Gasteiger partial charge >= 0.3 is 12.2 Å². The molecule has 2 unspecified atom stereocenters. The second-order valence-corrected chi connectivity index (χ2v) is 11.8. The first-order valence-corrected chi connectivity index (χ1v) is 13.8. The minimum Gasteiger partial charge on any atom is -0.382 e. The van der Waals surface area contributed by atoms with Crippen molar-refractivity contribution in [2.24, 2.45) is 18.4 Å². The summed E-state index contributed by atoms with van der Waals surface area (Å²) in [5, 5.41) is 10.2. The van der Waals surface area contributed by atoms with Crippen molar-refractivity contribution < 1.29 is 22.8 Å². The summed E-state index contributed by atoms with van der Waals surface area (Å²) < 4.78 is 40.7. The summed E-state index contributed by atoms with van der Waals surface area (Å²) in [6, 6.07) is 12.8. The number of carbonyl (C=O) groups excluding carboxylic acids is 2. The molecule has 1 aliphatic rings. The summed E-state index contributed by atoms with van der Waals surface area (Å²) in [4.78, 5) is 31.5. The van der Waals surface area contributed by atoms with E-state index in [1.54, 1.807) is 42.9 Å². The average Bonchev–Trinajstić information content (AvgIpc) is 3.23. The smallest absolute Gasteiger partial charge is 0.382 e. The van der Waals surface area contributed by atoms with Crippen LogP contribution < -0.4 is 16.4 Å². The highest BCUT2D eigenvalue weighted by molar-refractivity contribution is 6.02. The number of hydrogen-bond acceptors (Lipinski definition) is 5. The van der Waals surface area contributed by atoms with Gasteiger partial charge in [-0.2, -0.15) is 18.3 Å². The van der Waals surface area contributed by atoms with Crippen LogP contribution in [0, 0.1) is 11.3 Å². The van der Waals surface area contributed by atoms with Crippen LogP contribution in [-0.2, 0) is 18.0 Å². The SMILES string of the molecule is CN(C)C(=O)CC1CC(c2cc(-c3ccc(NC(=O)Nc4cccc(C(F)(F)F)c4)cc3)c3c(N)nn(C)c3n2)C1(C)C. The van der Waals surface area contributed by atoms with Crippen molar-refractivity contribution >= 4 is 40.2 Å². The number of urea groups is 1. The van der Waals surface area contributed by atoms with E-state index in [2.05, 4.69) is 29.6 Å². The Morgan fingerprint density at radius 2 is 1.74 bits per heavy atom. The van der Waals surface area contributed by atoms with Gasteiger partial charge in [-0.05, 0) is 65.3 Å². The summed E-state index contributed by atoms with van der Waals surface area (Å²) >= 11 is 0. The summed E-state index contributed by atoms with van der Waals surface area (Å²) in [6.07, 6.45) is -3.19. The molecule has 1 saturated carbocycles. The molecule has 1 aliphatic carbocycles. The Balaban J connectivity index is 1.38. The van der Waals surface area contributed by atoms with E-state index in [1.165, 1.54) is 12.1 Å². The van der Waals surface area contributed by atoms with Crippen LogP contribution in [0.4, 0.5) is 35.2 Å². The van der Waals surface area contributed by atoms with Gasteiger partial charge in [0.1, 0.15) is 0 Å². The minimum atomic E-state index is -4.51. The first-order chi connectivity index (χ1) is 20.1. The van der Waals surface area contributed by atoms with Crippen LogP contribution in [0.1, 0.15) is 43.9 Å². The van der Waals surface area contributed by atoms with Crippen LogP contribution in [0.25, 0.3) is 22.2 Å². The zero-order valence-electron chi connectivity index (χ0n) is 24.6. The van der Waals surface area contributed by atoms with Crippen LogP contribution >= 0.6 is 0 Å². The van der Waals surface area contributed by atoms with Crippen LogP contribution in [0.15, 0.2) is 54.6 Å². The molecule has 2 atom stereocenters. The highest BCUT2D eigenvalue weighted by atomic mass is 19.4. The highest BCUT2D eigenvalue weighted by Crippen LogP contribution is 2.58. The van der Waals surface area contributed by atoms with Crippen molar-refractivity contribution in [3.8, 4) is 11.1 Å². The number of hydrogen-bond donors (Lipinski definition) is 3. The number of benzene rings is 2. The molecule has 2 aromatic heterocycles. The molecule has 4 N–H and O–H groups in total. The van der Waals surface area contributed by atoms with E-state index < -0.39 is 17.8 Å². The molecule has 0 radical (unpaired) electrons. The van der Waals surface area contributed by atoms with Crippen molar-refractivity contribution in [2.45, 2.75) is 38.8 Å². The van der Waals surface area contributed by atoms with Gasteiger partial charge in [-0.25, -0.2) is 14.5 Å². The molecule has 9 nitrogen and oxygen atoms in total. The van der Waals surface area contributed by atoms with Crippen molar-refractivity contribution in [2.75, 3.05) is 30.5 Å². The largest absolute Gasteiger partial charge is 0.416 e. The fourth-order valence-corrected chi connectivity index (χ4v) is 5.76. The molecule has 2 heterocycles. The summed E-state index contributed by atoms with van der Waals surface area (Å²) in [7, 11) is 5.33. The third-order valence-electron chi connectivity index (χ3n) is 8.49. The Morgan fingerprint density at radius 1 is 1.07 bits per heavy atom. The summed E-state index contributed by atoms with van der Waals surface area (Å²) in [5.41, 5.74) is 8.99. The second-order valence-electron chi connectivity index (χ2n) is 11.8. The monoisotopic (exact) mass is 593 g/mol. The Morgan fingerprint density at radius 3 is 2.37 bits per heavy atom. The molecule has 43 heavy (non-hydrogen) atoms. The van der Waals surface area contributed by atoms with Crippen LogP contribution in [0.3, 0.4) is 0 Å². The fraction of sp³-hybridized carbons (Fsp3) is 0.355. The Bertz CT molecular complexity index is 1690. The predicted molar refractivity (Wildman–Crippen MR) is 160 cm³/mol. The van der Waals surface area contributed by atoms with Crippen molar-refractivity contribution in [3.05, 3.63) is 65.9 Å². The molecule has 3 amide bonds. The number of rotatable bonds is 6. The van der Waals surface area contributed by atoms with Crippen LogP contribution in [-0.4, -0.2) is 45.7 Å². The van der Waals surface area contributed by atoms with Gasteiger partial charge in [0.05, 0.1) is 10.9 Å². The van der Waals surface area contributed by atoms with E-state index in [-0.39, 0.29) is 28.8 Å². The first kappa shape index (κ1) is 29.9. The van der Waals surface area contributed by atoms with E-state index in [9.17, 15) is 22.8 Å². The maximum absolute atomic E-state index is 13.0. The van der Waals surface area contributed by atoms with Gasteiger partial charge in [0.15, 0.2) is 11.5 Å². The molecular weight excluding hydrogens is 559 g/mol. The maximum atomic E-state index is 13.0. The highest BCUT2D eigenvalue weighted by Gasteiger charge is 2.50. The molecule has 0 saturated heterocycles. The number of pyridine rings is 1. The van der Waals surface area contributed by atoms with Gasteiger partial charge in [0.2, 0.25) is 5.91 Å². The maximum Gasteiger partial charge on any atom is 0.416 e. The van der Waals surface area contributed by atoms with Crippen molar-refractivity contribution in [3.63, 3.8) is 0 Å². The predicted octanol–water partition coefficient (Wildman–Crippen LogP) is 6.49. The Kier molecular flexibility index (Phi) is 7.57. The van der Waals surface area contributed by atoms with Gasteiger partial charge in [0, 0.05) is 50.6 Å². The molecule has 4 aromatic rings. The van der Waals surface area contributed by atoms with Gasteiger partial charge in [-0.15, -0.1) is 0 Å². The topological polar surface area (TPSA) is 118 Å². The molecule has 226 valence electrons. The van der Waals surface area contributed by atoms with E-state index in [4.69, 9.17) is 10.7 Å². The second kappa shape index (κ2) is 10.9. The van der Waals surface area contributed by atoms with E-state index in [0.717, 1.165) is 35.4 Å². The Hall–Kier alpha value is -4.61. The minimum absolute atomic E-state index is 0.0231. The molecule has 0 bridgehead atoms. The number of nitrogen functional groups attached to an aromatic ring is 1. The van der Waals surface area contributed by atoms with Crippen molar-refractivity contribution in [1.29, 1.82) is 0 Å². The molecule has 5 rings (SSSR count). The number of halogens is 3. The lowest BCUT2D eigenvalue weighted by Gasteiger charge is -2.52. The molecule has 1 fully saturated rings. The number of aryl methyl sites for hydroxylation is 1. The normalized spacial score (nSPS) is 17.8. The van der Waals surface area contributed by atoms with Gasteiger partial charge in [-0.1, -0.05) is 32.0 Å². The molecule has 0 spiro atoms. The number of nitrogens with two attached hydrogens (primary N) is 1. The first-order valence-electron chi connectivity index (χ1n) is 13.8. The summed E-state index contributed by atoms with van der Waals surface area (Å²) in [6.45, 7) is 4.34. The van der Waals surface area contributed by atoms with Gasteiger partial charge in [-0.3, -0.25) is 4.79 Å². The lowest BCUT2D eigenvalue weighted by molar-refractivity contribution is -0.137. The fourth-order valence-electron chi connectivity index (χ4n) is 5.76. The molecular formula is C31H34F3N7O2.